The first kappa shape index (κ1) is 13.7. The molecule has 3 heterocycles. The SMILES string of the molecule is O=C1c2ccccc2N2C(=O)[C@@H]3CCCN3[C@H]2N1c1ccccc1. The number of hydrogen-bond donors (Lipinski definition) is 0. The lowest BCUT2D eigenvalue weighted by atomic mass is 10.1. The molecule has 0 saturated carbocycles. The maximum absolute atomic E-state index is 13.2. The molecular weight excluding hydrogens is 302 g/mol. The van der Waals surface area contributed by atoms with Crippen LogP contribution in [0.2, 0.25) is 0 Å². The van der Waals surface area contributed by atoms with E-state index in [2.05, 4.69) is 4.90 Å². The Morgan fingerprint density at radius 2 is 1.62 bits per heavy atom. The molecule has 2 saturated heterocycles. The van der Waals surface area contributed by atoms with Crippen molar-refractivity contribution in [1.29, 1.82) is 0 Å². The number of anilines is 2. The molecule has 3 aliphatic rings. The van der Waals surface area contributed by atoms with Crippen molar-refractivity contribution in [2.75, 3.05) is 16.3 Å². The Kier molecular flexibility index (Phi) is 2.82. The van der Waals surface area contributed by atoms with Gasteiger partial charge in [-0.15, -0.1) is 0 Å². The van der Waals surface area contributed by atoms with Crippen LogP contribution in [0.5, 0.6) is 0 Å². The molecule has 0 N–H and O–H groups in total. The molecule has 2 amide bonds. The molecule has 3 aliphatic heterocycles. The van der Waals surface area contributed by atoms with Crippen molar-refractivity contribution in [2.24, 2.45) is 0 Å². The molecule has 0 radical (unpaired) electrons. The number of carbonyl (C=O) groups is 2. The van der Waals surface area contributed by atoms with Crippen molar-refractivity contribution in [3.63, 3.8) is 0 Å². The van der Waals surface area contributed by atoms with Crippen LogP contribution in [0, 0.1) is 0 Å². The van der Waals surface area contributed by atoms with Crippen LogP contribution in [-0.4, -0.2) is 35.6 Å². The van der Waals surface area contributed by atoms with Gasteiger partial charge in [0.25, 0.3) is 5.91 Å². The van der Waals surface area contributed by atoms with E-state index in [0.29, 0.717) is 5.56 Å². The molecule has 5 rings (SSSR count). The van der Waals surface area contributed by atoms with Gasteiger partial charge in [0.15, 0.2) is 6.29 Å². The summed E-state index contributed by atoms with van der Waals surface area (Å²) in [6, 6.07) is 16.9. The molecule has 120 valence electrons. The zero-order chi connectivity index (χ0) is 16.3. The van der Waals surface area contributed by atoms with Crippen LogP contribution in [-0.2, 0) is 4.79 Å². The van der Waals surface area contributed by atoms with E-state index in [0.717, 1.165) is 30.8 Å². The van der Waals surface area contributed by atoms with Gasteiger partial charge < -0.3 is 0 Å². The second kappa shape index (κ2) is 4.92. The number of hydrogen-bond acceptors (Lipinski definition) is 3. The van der Waals surface area contributed by atoms with Gasteiger partial charge >= 0.3 is 0 Å². The minimum atomic E-state index is -0.352. The van der Waals surface area contributed by atoms with Crippen molar-refractivity contribution >= 4 is 23.2 Å². The second-order valence-corrected chi connectivity index (χ2v) is 6.48. The van der Waals surface area contributed by atoms with Crippen molar-refractivity contribution in [1.82, 2.24) is 4.90 Å². The monoisotopic (exact) mass is 319 g/mol. The molecule has 2 aromatic carbocycles. The molecule has 2 aromatic rings. The molecule has 0 aromatic heterocycles. The van der Waals surface area contributed by atoms with Gasteiger partial charge in [-0.25, -0.2) is 0 Å². The van der Waals surface area contributed by atoms with E-state index < -0.39 is 0 Å². The van der Waals surface area contributed by atoms with Gasteiger partial charge in [0, 0.05) is 12.2 Å². The first-order valence-electron chi connectivity index (χ1n) is 8.34. The third-order valence-corrected chi connectivity index (χ3v) is 5.22. The zero-order valence-electron chi connectivity index (χ0n) is 13.1. The molecule has 24 heavy (non-hydrogen) atoms. The van der Waals surface area contributed by atoms with Gasteiger partial charge in [-0.3, -0.25) is 24.3 Å². The first-order chi connectivity index (χ1) is 11.8. The Hall–Kier alpha value is -2.66. The van der Waals surface area contributed by atoms with E-state index >= 15 is 0 Å². The Balaban J connectivity index is 1.73. The fourth-order valence-electron chi connectivity index (χ4n) is 4.20. The summed E-state index contributed by atoms with van der Waals surface area (Å²) >= 11 is 0. The highest BCUT2D eigenvalue weighted by atomic mass is 16.2. The predicted octanol–water partition coefficient (Wildman–Crippen LogP) is 2.44. The summed E-state index contributed by atoms with van der Waals surface area (Å²) in [5.41, 5.74) is 2.15. The highest BCUT2D eigenvalue weighted by Gasteiger charge is 2.55. The molecule has 0 aliphatic carbocycles. The van der Waals surface area contributed by atoms with Crippen LogP contribution < -0.4 is 9.80 Å². The molecule has 0 unspecified atom stereocenters. The van der Waals surface area contributed by atoms with Crippen molar-refractivity contribution < 1.29 is 9.59 Å². The molecule has 5 nitrogen and oxygen atoms in total. The lowest BCUT2D eigenvalue weighted by molar-refractivity contribution is -0.119. The number of amides is 2. The van der Waals surface area contributed by atoms with Gasteiger partial charge in [0.1, 0.15) is 0 Å². The standard InChI is InChI=1S/C19H17N3O2/c23-17-14-9-4-5-10-15(14)22-18(24)16-11-6-12-20(16)19(22)21(17)13-7-2-1-3-8-13/h1-5,7-10,16,19H,6,11-12H2/t16-,19-/m0/s1. The molecule has 0 spiro atoms. The number of nitrogens with zero attached hydrogens (tertiary/aromatic N) is 3. The highest BCUT2D eigenvalue weighted by molar-refractivity contribution is 6.17. The average molecular weight is 319 g/mol. The van der Waals surface area contributed by atoms with Gasteiger partial charge in [-0.2, -0.15) is 0 Å². The topological polar surface area (TPSA) is 43.9 Å². The average Bonchev–Trinajstić information content (AvgIpc) is 3.20. The number of carbonyl (C=O) groups excluding carboxylic acids is 2. The van der Waals surface area contributed by atoms with Gasteiger partial charge in [0.2, 0.25) is 5.91 Å². The van der Waals surface area contributed by atoms with Gasteiger partial charge in [0.05, 0.1) is 17.3 Å². The Morgan fingerprint density at radius 3 is 2.46 bits per heavy atom. The Labute approximate surface area is 140 Å². The largest absolute Gasteiger partial charge is 0.275 e. The van der Waals surface area contributed by atoms with Gasteiger partial charge in [-0.05, 0) is 37.1 Å². The van der Waals surface area contributed by atoms with Gasteiger partial charge in [-0.1, -0.05) is 30.3 Å². The maximum Gasteiger partial charge on any atom is 0.263 e. The Bertz CT molecular complexity index is 836. The second-order valence-electron chi connectivity index (χ2n) is 6.48. The lowest BCUT2D eigenvalue weighted by Gasteiger charge is -2.42. The van der Waals surface area contributed by atoms with Crippen molar-refractivity contribution in [3.8, 4) is 0 Å². The minimum Gasteiger partial charge on any atom is -0.275 e. The number of rotatable bonds is 1. The first-order valence-corrected chi connectivity index (χ1v) is 8.34. The summed E-state index contributed by atoms with van der Waals surface area (Å²) < 4.78 is 0. The summed E-state index contributed by atoms with van der Waals surface area (Å²) in [7, 11) is 0. The normalized spacial score (nSPS) is 25.7. The molecular formula is C19H17N3O2. The third-order valence-electron chi connectivity index (χ3n) is 5.22. The fourth-order valence-corrected chi connectivity index (χ4v) is 4.20. The molecule has 0 bridgehead atoms. The molecule has 2 atom stereocenters. The van der Waals surface area contributed by atoms with Crippen LogP contribution in [0.1, 0.15) is 23.2 Å². The maximum atomic E-state index is 13.2. The van der Waals surface area contributed by atoms with E-state index in [9.17, 15) is 9.59 Å². The number of fused-ring (bicyclic) bond motifs is 5. The Morgan fingerprint density at radius 1 is 0.875 bits per heavy atom. The van der Waals surface area contributed by atoms with Crippen molar-refractivity contribution in [3.05, 3.63) is 60.2 Å². The van der Waals surface area contributed by atoms with Crippen LogP contribution in [0.3, 0.4) is 0 Å². The summed E-state index contributed by atoms with van der Waals surface area (Å²) in [6.07, 6.45) is 1.51. The zero-order valence-corrected chi connectivity index (χ0v) is 13.1. The highest BCUT2D eigenvalue weighted by Crippen LogP contribution is 2.42. The van der Waals surface area contributed by atoms with Crippen LogP contribution >= 0.6 is 0 Å². The lowest BCUT2D eigenvalue weighted by Crippen LogP contribution is -2.58. The number of benzene rings is 2. The predicted molar refractivity (Wildman–Crippen MR) is 90.7 cm³/mol. The smallest absolute Gasteiger partial charge is 0.263 e. The van der Waals surface area contributed by atoms with E-state index in [4.69, 9.17) is 0 Å². The summed E-state index contributed by atoms with van der Waals surface area (Å²) in [4.78, 5) is 32.0. The van der Waals surface area contributed by atoms with E-state index in [-0.39, 0.29) is 24.1 Å². The molecule has 2 fully saturated rings. The van der Waals surface area contributed by atoms with E-state index in [1.54, 1.807) is 11.0 Å². The van der Waals surface area contributed by atoms with Crippen LogP contribution in [0.4, 0.5) is 11.4 Å². The summed E-state index contributed by atoms with van der Waals surface area (Å²) in [5.74, 6) is 0.0665. The van der Waals surface area contributed by atoms with E-state index in [1.807, 2.05) is 53.4 Å². The summed E-state index contributed by atoms with van der Waals surface area (Å²) in [6.45, 7) is 0.844. The fraction of sp³-hybridized carbons (Fsp3) is 0.263. The van der Waals surface area contributed by atoms with Crippen molar-refractivity contribution in [2.45, 2.75) is 25.2 Å². The summed E-state index contributed by atoms with van der Waals surface area (Å²) in [5, 5.41) is 0. The quantitative estimate of drug-likeness (QED) is 0.811. The minimum absolute atomic E-state index is 0.0431. The van der Waals surface area contributed by atoms with Crippen LogP contribution in [0.15, 0.2) is 54.6 Å². The van der Waals surface area contributed by atoms with Crippen LogP contribution in [0.25, 0.3) is 0 Å². The third kappa shape index (κ3) is 1.67. The van der Waals surface area contributed by atoms with E-state index in [1.165, 1.54) is 0 Å². The molecule has 5 heteroatoms. The number of para-hydroxylation sites is 2.